The molecular formula is C24H20N4O2S2. The number of carbonyl (C=O) groups is 1. The van der Waals surface area contributed by atoms with Gasteiger partial charge in [-0.15, -0.1) is 11.3 Å². The molecule has 32 heavy (non-hydrogen) atoms. The van der Waals surface area contributed by atoms with Crippen LogP contribution in [0.1, 0.15) is 17.5 Å². The molecule has 0 aliphatic carbocycles. The second kappa shape index (κ2) is 8.29. The summed E-state index contributed by atoms with van der Waals surface area (Å²) in [5, 5.41) is 3.06. The van der Waals surface area contributed by atoms with E-state index in [9.17, 15) is 9.59 Å². The van der Waals surface area contributed by atoms with Crippen molar-refractivity contribution in [1.29, 1.82) is 0 Å². The minimum absolute atomic E-state index is 0.119. The fourth-order valence-electron chi connectivity index (χ4n) is 3.78. The summed E-state index contributed by atoms with van der Waals surface area (Å²) >= 11 is 2.91. The second-order valence-electron chi connectivity index (χ2n) is 7.67. The Morgan fingerprint density at radius 3 is 2.66 bits per heavy atom. The minimum Gasteiger partial charge on any atom is -0.298 e. The van der Waals surface area contributed by atoms with Crippen molar-refractivity contribution in [3.63, 3.8) is 0 Å². The molecule has 160 valence electrons. The first-order valence-electron chi connectivity index (χ1n) is 10.2. The summed E-state index contributed by atoms with van der Waals surface area (Å²) < 4.78 is 2.53. The number of thiazole rings is 1. The summed E-state index contributed by atoms with van der Waals surface area (Å²) in [6, 6.07) is 15.7. The van der Waals surface area contributed by atoms with Crippen molar-refractivity contribution in [2.45, 2.75) is 26.8 Å². The number of aryl methyl sites for hydroxylation is 3. The van der Waals surface area contributed by atoms with Gasteiger partial charge in [-0.2, -0.15) is 0 Å². The normalized spacial score (nSPS) is 11.3. The number of thiophene rings is 1. The number of anilines is 2. The van der Waals surface area contributed by atoms with Gasteiger partial charge in [0.05, 0.1) is 27.6 Å². The van der Waals surface area contributed by atoms with Crippen LogP contribution in [0.2, 0.25) is 0 Å². The zero-order valence-corrected chi connectivity index (χ0v) is 19.2. The highest BCUT2D eigenvalue weighted by Gasteiger charge is 2.22. The standard InChI is InChI=1S/C24H20N4O2S2/c1-15-11-16(2)13-17(12-15)28(24-26-19-5-3-4-6-20(19)32-24)21(29)7-9-27-14-25-22-18(23(27)30)8-10-31-22/h3-6,8,10-14H,7,9H2,1-2H3. The molecule has 0 fully saturated rings. The maximum atomic E-state index is 13.5. The molecule has 0 N–H and O–H groups in total. The first-order chi connectivity index (χ1) is 15.5. The van der Waals surface area contributed by atoms with Crippen molar-refractivity contribution in [3.8, 4) is 0 Å². The van der Waals surface area contributed by atoms with Gasteiger partial charge >= 0.3 is 0 Å². The van der Waals surface area contributed by atoms with Crippen molar-refractivity contribution in [2.24, 2.45) is 0 Å². The van der Waals surface area contributed by atoms with Crippen molar-refractivity contribution in [1.82, 2.24) is 14.5 Å². The third-order valence-corrected chi connectivity index (χ3v) is 7.05. The smallest absolute Gasteiger partial charge is 0.262 e. The third kappa shape index (κ3) is 3.83. The van der Waals surface area contributed by atoms with Crippen molar-refractivity contribution in [2.75, 3.05) is 4.90 Å². The molecule has 0 saturated heterocycles. The van der Waals surface area contributed by atoms with Crippen molar-refractivity contribution >= 4 is 59.8 Å². The van der Waals surface area contributed by atoms with Gasteiger partial charge in [0.15, 0.2) is 5.13 Å². The lowest BCUT2D eigenvalue weighted by atomic mass is 10.1. The zero-order valence-electron chi connectivity index (χ0n) is 17.6. The largest absolute Gasteiger partial charge is 0.298 e. The first kappa shape index (κ1) is 20.5. The Morgan fingerprint density at radius 2 is 1.88 bits per heavy atom. The van der Waals surface area contributed by atoms with Gasteiger partial charge < -0.3 is 0 Å². The third-order valence-electron chi connectivity index (χ3n) is 5.20. The lowest BCUT2D eigenvalue weighted by Gasteiger charge is -2.21. The monoisotopic (exact) mass is 460 g/mol. The molecule has 0 aliphatic rings. The summed E-state index contributed by atoms with van der Waals surface area (Å²) in [6.45, 7) is 4.28. The maximum Gasteiger partial charge on any atom is 0.262 e. The summed E-state index contributed by atoms with van der Waals surface area (Å²) in [6.07, 6.45) is 1.67. The highest BCUT2D eigenvalue weighted by Crippen LogP contribution is 2.34. The van der Waals surface area contributed by atoms with Crippen LogP contribution in [-0.2, 0) is 11.3 Å². The highest BCUT2D eigenvalue weighted by molar-refractivity contribution is 7.22. The molecule has 0 atom stereocenters. The second-order valence-corrected chi connectivity index (χ2v) is 9.58. The van der Waals surface area contributed by atoms with Crippen molar-refractivity contribution in [3.05, 3.63) is 81.7 Å². The molecule has 0 unspecified atom stereocenters. The number of amides is 1. The van der Waals surface area contributed by atoms with Gasteiger partial charge in [-0.3, -0.25) is 19.1 Å². The Bertz CT molecular complexity index is 1460. The summed E-state index contributed by atoms with van der Waals surface area (Å²) in [5.74, 6) is -0.119. The number of nitrogens with zero attached hydrogens (tertiary/aromatic N) is 4. The zero-order chi connectivity index (χ0) is 22.2. The van der Waals surface area contributed by atoms with Crippen LogP contribution in [-0.4, -0.2) is 20.4 Å². The van der Waals surface area contributed by atoms with Crippen LogP contribution in [0.4, 0.5) is 10.8 Å². The van der Waals surface area contributed by atoms with Gasteiger partial charge in [-0.1, -0.05) is 29.5 Å². The fraction of sp³-hybridized carbons (Fsp3) is 0.167. The van der Waals surface area contributed by atoms with E-state index < -0.39 is 0 Å². The number of rotatable bonds is 5. The van der Waals surface area contributed by atoms with Gasteiger partial charge in [0.25, 0.3) is 5.56 Å². The molecular weight excluding hydrogens is 440 g/mol. The highest BCUT2D eigenvalue weighted by atomic mass is 32.1. The Balaban J connectivity index is 1.50. The number of fused-ring (bicyclic) bond motifs is 2. The maximum absolute atomic E-state index is 13.5. The van der Waals surface area contributed by atoms with E-state index >= 15 is 0 Å². The Hall–Kier alpha value is -3.36. The number of hydrogen-bond acceptors (Lipinski definition) is 6. The average molecular weight is 461 g/mol. The van der Waals surface area contributed by atoms with E-state index in [1.807, 2.05) is 55.6 Å². The summed E-state index contributed by atoms with van der Waals surface area (Å²) in [7, 11) is 0. The molecule has 0 saturated carbocycles. The average Bonchev–Trinajstić information content (AvgIpc) is 3.40. The topological polar surface area (TPSA) is 68.1 Å². The van der Waals surface area contributed by atoms with Gasteiger partial charge in [0.2, 0.25) is 5.91 Å². The van der Waals surface area contributed by atoms with E-state index in [1.54, 1.807) is 11.0 Å². The molecule has 5 aromatic rings. The summed E-state index contributed by atoms with van der Waals surface area (Å²) in [5.41, 5.74) is 3.66. The Morgan fingerprint density at radius 1 is 1.09 bits per heavy atom. The SMILES string of the molecule is Cc1cc(C)cc(N(C(=O)CCn2cnc3sccc3c2=O)c2nc3ccccc3s2)c1. The van der Waals surface area contributed by atoms with Crippen LogP contribution >= 0.6 is 22.7 Å². The molecule has 8 heteroatoms. The van der Waals surface area contributed by atoms with Crippen LogP contribution in [0.3, 0.4) is 0 Å². The Kier molecular flexibility index (Phi) is 5.32. The Labute approximate surface area is 192 Å². The van der Waals surface area contributed by atoms with Gasteiger partial charge in [0.1, 0.15) is 4.83 Å². The quantitative estimate of drug-likeness (QED) is 0.350. The van der Waals surface area contributed by atoms with Gasteiger partial charge in [-0.25, -0.2) is 9.97 Å². The number of para-hydroxylation sites is 1. The van der Waals surface area contributed by atoms with Crippen LogP contribution in [0.5, 0.6) is 0 Å². The molecule has 1 amide bonds. The molecule has 0 aliphatic heterocycles. The first-order valence-corrected chi connectivity index (χ1v) is 11.9. The van der Waals surface area contributed by atoms with E-state index in [4.69, 9.17) is 4.98 Å². The lowest BCUT2D eigenvalue weighted by Crippen LogP contribution is -2.29. The molecule has 0 radical (unpaired) electrons. The van der Waals surface area contributed by atoms with Crippen LogP contribution < -0.4 is 10.5 Å². The van der Waals surface area contributed by atoms with E-state index in [0.29, 0.717) is 15.3 Å². The molecule has 3 aromatic heterocycles. The fourth-order valence-corrected chi connectivity index (χ4v) is 5.50. The van der Waals surface area contributed by atoms with Crippen LogP contribution in [0.15, 0.2) is 65.0 Å². The van der Waals surface area contributed by atoms with E-state index in [-0.39, 0.29) is 24.4 Å². The predicted octanol–water partition coefficient (Wildman–Crippen LogP) is 5.44. The molecule has 2 aromatic carbocycles. The van der Waals surface area contributed by atoms with Crippen LogP contribution in [0, 0.1) is 13.8 Å². The number of carbonyl (C=O) groups excluding carboxylic acids is 1. The predicted molar refractivity (Wildman–Crippen MR) is 131 cm³/mol. The number of aromatic nitrogens is 3. The van der Waals surface area contributed by atoms with Gasteiger partial charge in [0, 0.05) is 13.0 Å². The molecule has 3 heterocycles. The minimum atomic E-state index is -0.123. The van der Waals surface area contributed by atoms with E-state index in [1.165, 1.54) is 33.6 Å². The number of hydrogen-bond donors (Lipinski definition) is 0. The lowest BCUT2D eigenvalue weighted by molar-refractivity contribution is -0.118. The number of benzene rings is 2. The molecule has 0 bridgehead atoms. The van der Waals surface area contributed by atoms with E-state index in [0.717, 1.165) is 27.0 Å². The van der Waals surface area contributed by atoms with Crippen molar-refractivity contribution < 1.29 is 4.79 Å². The van der Waals surface area contributed by atoms with E-state index in [2.05, 4.69) is 11.1 Å². The summed E-state index contributed by atoms with van der Waals surface area (Å²) in [4.78, 5) is 37.7. The molecule has 6 nitrogen and oxygen atoms in total. The molecule has 5 rings (SSSR count). The molecule has 0 spiro atoms. The van der Waals surface area contributed by atoms with Gasteiger partial charge in [-0.05, 0) is 60.7 Å². The van der Waals surface area contributed by atoms with Crippen LogP contribution in [0.25, 0.3) is 20.4 Å².